The minimum absolute atomic E-state index is 0.0602. The summed E-state index contributed by atoms with van der Waals surface area (Å²) in [5.74, 6) is -2.58. The third kappa shape index (κ3) is 5.90. The molecule has 2 N–H and O–H groups in total. The molecule has 0 radical (unpaired) electrons. The van der Waals surface area contributed by atoms with Crippen LogP contribution in [0.25, 0.3) is 0 Å². The first-order valence-electron chi connectivity index (χ1n) is 16.9. The second-order valence-electron chi connectivity index (χ2n) is 13.6. The lowest BCUT2D eigenvalue weighted by molar-refractivity contribution is -0.953. The van der Waals surface area contributed by atoms with Crippen LogP contribution in [0.5, 0.6) is 17.2 Å². The number of carbonyl (C=O) groups is 2. The Labute approximate surface area is 300 Å². The van der Waals surface area contributed by atoms with Crippen LogP contribution < -0.4 is 28.7 Å². The van der Waals surface area contributed by atoms with Crippen LogP contribution in [0.2, 0.25) is 0 Å². The molecular formula is C36H42F3N4O8S+. The number of methoxy groups -OCH3 is 2. The van der Waals surface area contributed by atoms with Gasteiger partial charge in [0.1, 0.15) is 29.0 Å². The first kappa shape index (κ1) is 37.2. The van der Waals surface area contributed by atoms with Crippen LogP contribution in [-0.2, 0) is 25.2 Å². The molecule has 0 bridgehead atoms. The molecule has 4 atom stereocenters. The Kier molecular flexibility index (Phi) is 9.64. The fraction of sp³-hybridized carbons (Fsp3) is 0.444. The van der Waals surface area contributed by atoms with Crippen molar-refractivity contribution >= 4 is 33.2 Å². The van der Waals surface area contributed by atoms with Crippen LogP contribution in [-0.4, -0.2) is 96.3 Å². The van der Waals surface area contributed by atoms with Gasteiger partial charge in [-0.25, -0.2) is 8.42 Å². The van der Waals surface area contributed by atoms with E-state index in [2.05, 4.69) is 15.0 Å². The van der Waals surface area contributed by atoms with Crippen molar-refractivity contribution in [2.24, 2.45) is 0 Å². The number of alkyl halides is 3. The molecule has 6 rings (SSSR count). The van der Waals surface area contributed by atoms with Crippen molar-refractivity contribution in [1.82, 2.24) is 5.32 Å². The molecule has 16 heteroatoms. The minimum Gasteiger partial charge on any atom is -0.497 e. The van der Waals surface area contributed by atoms with Crippen molar-refractivity contribution in [2.45, 2.75) is 61.5 Å². The van der Waals surface area contributed by atoms with Gasteiger partial charge in [0.2, 0.25) is 5.54 Å². The van der Waals surface area contributed by atoms with Gasteiger partial charge < -0.3 is 29.5 Å². The molecule has 2 unspecified atom stereocenters. The first-order valence-corrected chi connectivity index (χ1v) is 18.3. The number of aliphatic hydroxyl groups is 1. The van der Waals surface area contributed by atoms with Gasteiger partial charge in [-0.05, 0) is 68.7 Å². The van der Waals surface area contributed by atoms with Gasteiger partial charge in [0, 0.05) is 38.3 Å². The lowest BCUT2D eigenvalue weighted by Crippen LogP contribution is -2.69. The number of nitrogens with one attached hydrogen (secondary N) is 1. The van der Waals surface area contributed by atoms with Crippen LogP contribution in [0.4, 0.5) is 24.5 Å². The number of likely N-dealkylation sites (N-methyl/N-ethyl adjacent to an activating group) is 2. The van der Waals surface area contributed by atoms with Crippen molar-refractivity contribution in [3.63, 3.8) is 0 Å². The number of carbonyl (C=O) groups excluding carboxylic acids is 2. The molecule has 0 spiro atoms. The molecule has 3 aromatic carbocycles. The number of aliphatic hydroxyl groups excluding tert-OH is 1. The summed E-state index contributed by atoms with van der Waals surface area (Å²) in [4.78, 5) is 30.7. The maximum absolute atomic E-state index is 15.8. The van der Waals surface area contributed by atoms with E-state index in [4.69, 9.17) is 9.47 Å². The number of hydrogen-bond donors (Lipinski definition) is 2. The highest BCUT2D eigenvalue weighted by atomic mass is 32.2. The lowest BCUT2D eigenvalue weighted by Gasteiger charge is -2.49. The first-order chi connectivity index (χ1) is 24.5. The maximum Gasteiger partial charge on any atom is 0.573 e. The predicted octanol–water partition coefficient (Wildman–Crippen LogP) is 4.21. The Morgan fingerprint density at radius 2 is 1.69 bits per heavy atom. The molecule has 280 valence electrons. The largest absolute Gasteiger partial charge is 0.573 e. The number of benzene rings is 3. The van der Waals surface area contributed by atoms with Gasteiger partial charge in [0.05, 0.1) is 38.1 Å². The van der Waals surface area contributed by atoms with Crippen molar-refractivity contribution in [3.8, 4) is 17.2 Å². The number of anilines is 2. The van der Waals surface area contributed by atoms with Gasteiger partial charge in [-0.15, -0.1) is 13.2 Å². The Morgan fingerprint density at radius 3 is 2.33 bits per heavy atom. The summed E-state index contributed by atoms with van der Waals surface area (Å²) in [5.41, 5.74) is -0.434. The summed E-state index contributed by atoms with van der Waals surface area (Å²) in [5, 5.41) is 13.9. The minimum atomic E-state index is -5.29. The molecular weight excluding hydrogens is 705 g/mol. The van der Waals surface area contributed by atoms with E-state index >= 15 is 4.79 Å². The highest BCUT2D eigenvalue weighted by Gasteiger charge is 2.72. The molecule has 0 saturated carbocycles. The zero-order chi connectivity index (χ0) is 37.8. The van der Waals surface area contributed by atoms with Gasteiger partial charge in [-0.1, -0.05) is 11.6 Å². The topological polar surface area (TPSA) is 135 Å². The average molecular weight is 748 g/mol. The number of sulfonamides is 1. The van der Waals surface area contributed by atoms with E-state index in [9.17, 15) is 31.5 Å². The Balaban J connectivity index is 1.73. The number of rotatable bonds is 9. The Morgan fingerprint density at radius 1 is 0.981 bits per heavy atom. The SMILES string of the molecule is CNC(=O)[C@@H]1C[C@@H](O)C[N+]1(C)C1(c2cc(C)ccc2OC)C(=O)N(S(=O)(=O)c2ccc(OC)cc2OC(F)(F)F)c2ccc(N3CCCCC3)cc21. The molecule has 3 aromatic rings. The summed E-state index contributed by atoms with van der Waals surface area (Å²) in [7, 11) is 0.430. The molecule has 2 fully saturated rings. The highest BCUT2D eigenvalue weighted by molar-refractivity contribution is 7.93. The van der Waals surface area contributed by atoms with Crippen LogP contribution in [0, 0.1) is 6.92 Å². The summed E-state index contributed by atoms with van der Waals surface area (Å²) in [6, 6.07) is 11.7. The van der Waals surface area contributed by atoms with Gasteiger partial charge in [0.25, 0.3) is 15.9 Å². The van der Waals surface area contributed by atoms with Crippen molar-refractivity contribution < 1.29 is 55.0 Å². The van der Waals surface area contributed by atoms with Gasteiger partial charge in [-0.3, -0.25) is 14.1 Å². The second-order valence-corrected chi connectivity index (χ2v) is 15.3. The molecule has 0 aliphatic carbocycles. The van der Waals surface area contributed by atoms with E-state index in [0.717, 1.165) is 37.5 Å². The van der Waals surface area contributed by atoms with E-state index in [1.54, 1.807) is 44.3 Å². The fourth-order valence-electron chi connectivity index (χ4n) is 8.25. The van der Waals surface area contributed by atoms with E-state index in [1.807, 2.05) is 0 Å². The van der Waals surface area contributed by atoms with Crippen LogP contribution in [0.1, 0.15) is 42.4 Å². The Bertz CT molecular complexity index is 2010. The number of nitrogens with zero attached hydrogens (tertiary/aromatic N) is 3. The second kappa shape index (κ2) is 13.5. The number of ether oxygens (including phenoxy) is 3. The van der Waals surface area contributed by atoms with Crippen molar-refractivity contribution in [3.05, 3.63) is 71.3 Å². The number of amides is 2. The smallest absolute Gasteiger partial charge is 0.497 e. The van der Waals surface area contributed by atoms with E-state index < -0.39 is 61.0 Å². The summed E-state index contributed by atoms with van der Waals surface area (Å²) >= 11 is 0. The van der Waals surface area contributed by atoms with Crippen LogP contribution in [0.15, 0.2) is 59.5 Å². The van der Waals surface area contributed by atoms with Crippen molar-refractivity contribution in [1.29, 1.82) is 0 Å². The molecule has 2 amide bonds. The molecule has 0 aromatic heterocycles. The predicted molar refractivity (Wildman–Crippen MR) is 185 cm³/mol. The van der Waals surface area contributed by atoms with Crippen LogP contribution in [0.3, 0.4) is 0 Å². The highest BCUT2D eigenvalue weighted by Crippen LogP contribution is 2.58. The van der Waals surface area contributed by atoms with Gasteiger partial charge in [-0.2, -0.15) is 4.31 Å². The van der Waals surface area contributed by atoms with E-state index in [1.165, 1.54) is 27.3 Å². The molecule has 52 heavy (non-hydrogen) atoms. The number of fused-ring (bicyclic) bond motifs is 1. The van der Waals surface area contributed by atoms with Gasteiger partial charge >= 0.3 is 12.3 Å². The Hall–Kier alpha value is -4.54. The van der Waals surface area contributed by atoms with E-state index in [0.29, 0.717) is 28.6 Å². The quantitative estimate of drug-likeness (QED) is 0.309. The molecule has 3 aliphatic heterocycles. The maximum atomic E-state index is 15.8. The summed E-state index contributed by atoms with van der Waals surface area (Å²) < 4.78 is 86.2. The third-order valence-electron chi connectivity index (χ3n) is 10.5. The number of aryl methyl sites for hydroxylation is 1. The summed E-state index contributed by atoms with van der Waals surface area (Å²) in [6.07, 6.45) is -3.59. The number of likely N-dealkylation sites (tertiary alicyclic amines) is 1. The van der Waals surface area contributed by atoms with E-state index in [-0.39, 0.29) is 41.3 Å². The summed E-state index contributed by atoms with van der Waals surface area (Å²) in [6.45, 7) is 3.02. The lowest BCUT2D eigenvalue weighted by atomic mass is 9.78. The number of halogens is 3. The third-order valence-corrected chi connectivity index (χ3v) is 12.3. The number of quaternary nitrogens is 1. The fourth-order valence-corrected chi connectivity index (χ4v) is 9.81. The normalized spacial score (nSPS) is 24.8. The number of hydrogen-bond acceptors (Lipinski definition) is 9. The zero-order valence-electron chi connectivity index (χ0n) is 29.5. The van der Waals surface area contributed by atoms with Crippen LogP contribution >= 0.6 is 0 Å². The average Bonchev–Trinajstić information content (AvgIpc) is 3.57. The molecule has 12 nitrogen and oxygen atoms in total. The van der Waals surface area contributed by atoms with Gasteiger partial charge in [0.15, 0.2) is 11.8 Å². The van der Waals surface area contributed by atoms with Crippen molar-refractivity contribution in [2.75, 3.05) is 57.2 Å². The number of piperidine rings is 1. The molecule has 3 heterocycles. The molecule has 3 aliphatic rings. The zero-order valence-corrected chi connectivity index (χ0v) is 30.3. The monoisotopic (exact) mass is 747 g/mol. The molecule has 2 saturated heterocycles. The standard InChI is InChI=1S/C36H41F3N4O8S/c1-22-9-13-30(50-5)27(17-22)35(43(3)21-24(44)19-29(43)33(45)40-2)26-18-23(41-15-7-6-8-16-41)10-12-28(26)42(34(35)46)52(47,48)32-14-11-25(49-4)20-31(32)51-36(37,38)39/h9-14,17-18,20,24,29,44H,6-8,15-16,19,21H2,1-5H3/p+1/t24-,29+,35?,43?/m1/s1.